The molecule has 34 heavy (non-hydrogen) atoms. The number of likely N-dealkylation sites (tertiary alicyclic amines) is 1. The maximum Gasteiger partial charge on any atom is 0.273 e. The Hall–Kier alpha value is -2.85. The fraction of sp³-hybridized carbons (Fsp3) is 0.542. The third-order valence-corrected chi connectivity index (χ3v) is 6.98. The van der Waals surface area contributed by atoms with Crippen LogP contribution in [-0.2, 0) is 4.79 Å². The van der Waals surface area contributed by atoms with Gasteiger partial charge in [0.05, 0.1) is 11.5 Å². The molecule has 2 N–H and O–H groups in total. The molecular formula is C24H30F2N4O4. The van der Waals surface area contributed by atoms with Crippen LogP contribution in [0.15, 0.2) is 28.8 Å². The molecule has 10 heteroatoms. The average Bonchev–Trinajstić information content (AvgIpc) is 3.48. The highest BCUT2D eigenvalue weighted by Gasteiger charge is 2.41. The third kappa shape index (κ3) is 4.97. The molecule has 1 aromatic heterocycles. The summed E-state index contributed by atoms with van der Waals surface area (Å²) in [6.45, 7) is 1.33. The first kappa shape index (κ1) is 24.3. The van der Waals surface area contributed by atoms with Crippen molar-refractivity contribution in [1.82, 2.24) is 20.3 Å². The number of carbonyl (C=O) groups is 2. The number of piperidine rings is 1. The summed E-state index contributed by atoms with van der Waals surface area (Å²) >= 11 is 0. The number of halogens is 2. The van der Waals surface area contributed by atoms with Crippen molar-refractivity contribution in [3.05, 3.63) is 41.6 Å². The zero-order valence-electron chi connectivity index (χ0n) is 19.3. The van der Waals surface area contributed by atoms with E-state index in [2.05, 4.69) is 15.4 Å². The Bertz CT molecular complexity index is 1040. The summed E-state index contributed by atoms with van der Waals surface area (Å²) in [4.78, 5) is 29.7. The summed E-state index contributed by atoms with van der Waals surface area (Å²) in [5.74, 6) is -2.38. The number of benzene rings is 1. The van der Waals surface area contributed by atoms with Gasteiger partial charge in [-0.05, 0) is 37.3 Å². The molecule has 1 saturated carbocycles. The van der Waals surface area contributed by atoms with E-state index >= 15 is 0 Å². The fourth-order valence-electron chi connectivity index (χ4n) is 5.18. The van der Waals surface area contributed by atoms with E-state index in [1.807, 2.05) is 0 Å². The number of aromatic nitrogens is 1. The number of aliphatic hydroxyl groups is 1. The zero-order valence-corrected chi connectivity index (χ0v) is 19.3. The number of carbonyl (C=O) groups excluding carboxylic acids is 2. The molecule has 2 aromatic rings. The molecule has 184 valence electrons. The lowest BCUT2D eigenvalue weighted by molar-refractivity contribution is -0.136. The van der Waals surface area contributed by atoms with E-state index in [0.717, 1.165) is 31.4 Å². The molecule has 4 rings (SSSR count). The molecule has 4 atom stereocenters. The Kier molecular flexibility index (Phi) is 7.27. The number of nitrogens with one attached hydrogen (secondary N) is 1. The molecule has 1 aromatic carbocycles. The lowest BCUT2D eigenvalue weighted by atomic mass is 9.88. The number of amides is 2. The number of hydrogen-bond donors (Lipinski definition) is 2. The minimum atomic E-state index is -0.819. The van der Waals surface area contributed by atoms with Gasteiger partial charge in [-0.25, -0.2) is 8.78 Å². The molecule has 2 fully saturated rings. The van der Waals surface area contributed by atoms with Crippen molar-refractivity contribution >= 4 is 11.8 Å². The molecule has 2 amide bonds. The average molecular weight is 477 g/mol. The second-order valence-electron chi connectivity index (χ2n) is 9.34. The van der Waals surface area contributed by atoms with Crippen LogP contribution in [0, 0.1) is 23.5 Å². The Morgan fingerprint density at radius 3 is 2.74 bits per heavy atom. The van der Waals surface area contributed by atoms with Gasteiger partial charge in [0.1, 0.15) is 11.6 Å². The van der Waals surface area contributed by atoms with Gasteiger partial charge in [0.15, 0.2) is 11.5 Å². The van der Waals surface area contributed by atoms with Crippen molar-refractivity contribution < 1.29 is 28.0 Å². The van der Waals surface area contributed by atoms with Gasteiger partial charge in [0.25, 0.3) is 5.91 Å². The zero-order chi connectivity index (χ0) is 24.4. The highest BCUT2D eigenvalue weighted by atomic mass is 19.1. The molecule has 0 radical (unpaired) electrons. The molecule has 1 saturated heterocycles. The van der Waals surface area contributed by atoms with Crippen molar-refractivity contribution in [2.45, 2.75) is 37.8 Å². The topological polar surface area (TPSA) is 98.9 Å². The normalized spacial score (nSPS) is 25.3. The molecular weight excluding hydrogens is 446 g/mol. The molecule has 1 aliphatic carbocycles. The van der Waals surface area contributed by atoms with E-state index < -0.39 is 29.5 Å². The Labute approximate surface area is 196 Å². The maximum absolute atomic E-state index is 14.1. The van der Waals surface area contributed by atoms with Gasteiger partial charge in [0, 0.05) is 58.0 Å². The standard InChI is InChI=1S/C24H30F2N4O4/c1-29(2)24(33)17-12-30(21-5-3-4-14(21)13-31)9-8-19(17)27-23(32)20-11-22(34-28-20)16-7-6-15(25)10-18(16)26/h6-7,10-11,14,17,19,21,31H,3-5,8-9,12-13H2,1-2H3,(H,27,32). The van der Waals surface area contributed by atoms with Crippen LogP contribution >= 0.6 is 0 Å². The first-order valence-corrected chi connectivity index (χ1v) is 11.6. The second-order valence-corrected chi connectivity index (χ2v) is 9.34. The molecule has 2 heterocycles. The lowest BCUT2D eigenvalue weighted by Gasteiger charge is -2.43. The molecule has 2 aliphatic rings. The molecule has 0 bridgehead atoms. The van der Waals surface area contributed by atoms with Gasteiger partial charge >= 0.3 is 0 Å². The van der Waals surface area contributed by atoms with Crippen molar-refractivity contribution in [2.75, 3.05) is 33.8 Å². The molecule has 1 aliphatic heterocycles. The number of nitrogens with zero attached hydrogens (tertiary/aromatic N) is 3. The summed E-state index contributed by atoms with van der Waals surface area (Å²) in [5.41, 5.74) is -0.0507. The van der Waals surface area contributed by atoms with Gasteiger partial charge in [-0.3, -0.25) is 14.5 Å². The van der Waals surface area contributed by atoms with E-state index in [-0.39, 0.29) is 41.5 Å². The van der Waals surface area contributed by atoms with E-state index in [4.69, 9.17) is 4.52 Å². The van der Waals surface area contributed by atoms with Gasteiger partial charge in [0.2, 0.25) is 5.91 Å². The van der Waals surface area contributed by atoms with Crippen LogP contribution in [0.4, 0.5) is 8.78 Å². The third-order valence-electron chi connectivity index (χ3n) is 6.98. The predicted molar refractivity (Wildman–Crippen MR) is 120 cm³/mol. The first-order chi connectivity index (χ1) is 16.3. The largest absolute Gasteiger partial charge is 0.396 e. The number of aliphatic hydroxyl groups excluding tert-OH is 1. The van der Waals surface area contributed by atoms with Crippen molar-refractivity contribution in [1.29, 1.82) is 0 Å². The summed E-state index contributed by atoms with van der Waals surface area (Å²) in [5, 5.41) is 16.4. The summed E-state index contributed by atoms with van der Waals surface area (Å²) in [7, 11) is 3.38. The minimum absolute atomic E-state index is 0.00285. The van der Waals surface area contributed by atoms with Crippen molar-refractivity contribution in [3.63, 3.8) is 0 Å². The van der Waals surface area contributed by atoms with E-state index in [9.17, 15) is 23.5 Å². The highest BCUT2D eigenvalue weighted by molar-refractivity contribution is 5.94. The molecule has 4 unspecified atom stereocenters. The summed E-state index contributed by atoms with van der Waals surface area (Å²) in [6.07, 6.45) is 3.60. The quantitative estimate of drug-likeness (QED) is 0.664. The van der Waals surface area contributed by atoms with Gasteiger partial charge in [-0.2, -0.15) is 0 Å². The first-order valence-electron chi connectivity index (χ1n) is 11.6. The van der Waals surface area contributed by atoms with Crippen LogP contribution in [-0.4, -0.2) is 77.8 Å². The van der Waals surface area contributed by atoms with Crippen LogP contribution in [0.2, 0.25) is 0 Å². The molecule has 8 nitrogen and oxygen atoms in total. The van der Waals surface area contributed by atoms with E-state index in [1.54, 1.807) is 14.1 Å². The van der Waals surface area contributed by atoms with Gasteiger partial charge in [-0.15, -0.1) is 0 Å². The lowest BCUT2D eigenvalue weighted by Crippen LogP contribution is -2.58. The minimum Gasteiger partial charge on any atom is -0.396 e. The summed E-state index contributed by atoms with van der Waals surface area (Å²) < 4.78 is 32.4. The number of hydrogen-bond acceptors (Lipinski definition) is 6. The number of rotatable bonds is 6. The van der Waals surface area contributed by atoms with Crippen molar-refractivity contribution in [3.8, 4) is 11.3 Å². The van der Waals surface area contributed by atoms with E-state index in [1.165, 1.54) is 17.0 Å². The SMILES string of the molecule is CN(C)C(=O)C1CN(C2CCCC2CO)CCC1NC(=O)c1cc(-c2ccc(F)cc2F)on1. The molecule has 0 spiro atoms. The smallest absolute Gasteiger partial charge is 0.273 e. The monoisotopic (exact) mass is 476 g/mol. The fourth-order valence-corrected chi connectivity index (χ4v) is 5.18. The van der Waals surface area contributed by atoms with Crippen LogP contribution in [0.1, 0.15) is 36.2 Å². The van der Waals surface area contributed by atoms with E-state index in [0.29, 0.717) is 19.5 Å². The van der Waals surface area contributed by atoms with Gasteiger partial charge in [-0.1, -0.05) is 11.6 Å². The van der Waals surface area contributed by atoms with Gasteiger partial charge < -0.3 is 19.8 Å². The Balaban J connectivity index is 1.48. The predicted octanol–water partition coefficient (Wildman–Crippen LogP) is 2.29. The van der Waals surface area contributed by atoms with Crippen LogP contribution in [0.5, 0.6) is 0 Å². The van der Waals surface area contributed by atoms with Crippen LogP contribution in [0.25, 0.3) is 11.3 Å². The van der Waals surface area contributed by atoms with Crippen LogP contribution in [0.3, 0.4) is 0 Å². The Morgan fingerprint density at radius 2 is 2.03 bits per heavy atom. The van der Waals surface area contributed by atoms with Crippen molar-refractivity contribution in [2.24, 2.45) is 11.8 Å². The van der Waals surface area contributed by atoms with Crippen LogP contribution < -0.4 is 5.32 Å². The summed E-state index contributed by atoms with van der Waals surface area (Å²) in [6, 6.07) is 4.18. The maximum atomic E-state index is 14.1. The Morgan fingerprint density at radius 1 is 1.24 bits per heavy atom. The highest BCUT2D eigenvalue weighted by Crippen LogP contribution is 2.33. The second kappa shape index (κ2) is 10.2.